The second kappa shape index (κ2) is 8.58. The Kier molecular flexibility index (Phi) is 6.48. The van der Waals surface area contributed by atoms with E-state index in [0.717, 1.165) is 11.0 Å². The molecule has 0 atom stereocenters. The van der Waals surface area contributed by atoms with Crippen molar-refractivity contribution in [1.29, 1.82) is 0 Å². The molecule has 24 heavy (non-hydrogen) atoms. The van der Waals surface area contributed by atoms with Crippen LogP contribution < -0.4 is 4.72 Å². The molecule has 0 saturated heterocycles. The highest BCUT2D eigenvalue weighted by molar-refractivity contribution is 7.92. The summed E-state index contributed by atoms with van der Waals surface area (Å²) in [5.41, 5.74) is 1.39. The molecule has 0 fully saturated rings. The van der Waals surface area contributed by atoms with Crippen LogP contribution in [0.3, 0.4) is 0 Å². The SMILES string of the molecule is O=C(CNS(=O)(=O)/C=C/c1ccccc1)OCc1ccc(Cl)nc1. The van der Waals surface area contributed by atoms with E-state index in [2.05, 4.69) is 9.71 Å². The summed E-state index contributed by atoms with van der Waals surface area (Å²) in [6.45, 7) is -0.465. The number of benzene rings is 1. The molecule has 2 aromatic rings. The number of carbonyl (C=O) groups excluding carboxylic acids is 1. The van der Waals surface area contributed by atoms with Gasteiger partial charge in [-0.05, 0) is 17.7 Å². The lowest BCUT2D eigenvalue weighted by Gasteiger charge is -2.05. The van der Waals surface area contributed by atoms with E-state index >= 15 is 0 Å². The third kappa shape index (κ3) is 6.49. The largest absolute Gasteiger partial charge is 0.460 e. The summed E-state index contributed by atoms with van der Waals surface area (Å²) in [6, 6.07) is 12.2. The zero-order valence-corrected chi connectivity index (χ0v) is 14.1. The third-order valence-electron chi connectivity index (χ3n) is 2.85. The minimum Gasteiger partial charge on any atom is -0.460 e. The topological polar surface area (TPSA) is 85.4 Å². The quantitative estimate of drug-likeness (QED) is 0.600. The fourth-order valence-electron chi connectivity index (χ4n) is 1.65. The van der Waals surface area contributed by atoms with Crippen LogP contribution in [0, 0.1) is 0 Å². The van der Waals surface area contributed by atoms with Gasteiger partial charge in [-0.15, -0.1) is 0 Å². The molecule has 2 rings (SSSR count). The number of nitrogens with one attached hydrogen (secondary N) is 1. The van der Waals surface area contributed by atoms with Gasteiger partial charge in [-0.25, -0.2) is 18.1 Å². The number of halogens is 1. The Balaban J connectivity index is 1.79. The second-order valence-corrected chi connectivity index (χ2v) is 6.77. The van der Waals surface area contributed by atoms with E-state index in [-0.39, 0.29) is 6.61 Å². The van der Waals surface area contributed by atoms with Crippen molar-refractivity contribution in [2.24, 2.45) is 0 Å². The highest BCUT2D eigenvalue weighted by Crippen LogP contribution is 2.06. The number of esters is 1. The normalized spacial score (nSPS) is 11.5. The van der Waals surface area contributed by atoms with Crippen molar-refractivity contribution >= 4 is 33.7 Å². The van der Waals surface area contributed by atoms with Gasteiger partial charge in [-0.1, -0.05) is 48.0 Å². The summed E-state index contributed by atoms with van der Waals surface area (Å²) in [6.07, 6.45) is 2.91. The van der Waals surface area contributed by atoms with Gasteiger partial charge in [-0.3, -0.25) is 4.79 Å². The number of hydrogen-bond donors (Lipinski definition) is 1. The highest BCUT2D eigenvalue weighted by atomic mass is 35.5. The van der Waals surface area contributed by atoms with E-state index in [9.17, 15) is 13.2 Å². The number of rotatable bonds is 7. The molecule has 0 radical (unpaired) electrons. The van der Waals surface area contributed by atoms with Crippen LogP contribution in [0.15, 0.2) is 54.1 Å². The van der Waals surface area contributed by atoms with Crippen molar-refractivity contribution in [1.82, 2.24) is 9.71 Å². The molecule has 0 unspecified atom stereocenters. The lowest BCUT2D eigenvalue weighted by atomic mass is 10.2. The summed E-state index contributed by atoms with van der Waals surface area (Å²) in [7, 11) is -3.72. The lowest BCUT2D eigenvalue weighted by molar-refractivity contribution is -0.143. The van der Waals surface area contributed by atoms with Gasteiger partial charge in [0, 0.05) is 17.2 Å². The molecule has 0 bridgehead atoms. The Morgan fingerprint density at radius 1 is 1.21 bits per heavy atom. The second-order valence-electron chi connectivity index (χ2n) is 4.73. The van der Waals surface area contributed by atoms with Gasteiger partial charge in [0.05, 0.1) is 0 Å². The van der Waals surface area contributed by atoms with Crippen molar-refractivity contribution in [2.75, 3.05) is 6.54 Å². The molecule has 0 spiro atoms. The van der Waals surface area contributed by atoms with E-state index in [1.54, 1.807) is 36.4 Å². The minimum absolute atomic E-state index is 0.00934. The zero-order chi connectivity index (χ0) is 17.4. The number of sulfonamides is 1. The Bertz CT molecular complexity index is 806. The van der Waals surface area contributed by atoms with Gasteiger partial charge >= 0.3 is 5.97 Å². The first-order chi connectivity index (χ1) is 11.4. The number of carbonyl (C=O) groups is 1. The maximum atomic E-state index is 11.8. The van der Waals surface area contributed by atoms with Gasteiger partial charge in [0.25, 0.3) is 0 Å². The maximum Gasteiger partial charge on any atom is 0.321 e. The number of hydrogen-bond acceptors (Lipinski definition) is 5. The standard InChI is InChI=1S/C16H15ClN2O4S/c17-15-7-6-14(10-18-15)12-23-16(20)11-19-24(21,22)9-8-13-4-2-1-3-5-13/h1-10,19H,11-12H2/b9-8+. The zero-order valence-electron chi connectivity index (χ0n) is 12.6. The Morgan fingerprint density at radius 3 is 2.62 bits per heavy atom. The first-order valence-corrected chi connectivity index (χ1v) is 8.86. The summed E-state index contributed by atoms with van der Waals surface area (Å²) in [5.74, 6) is -0.693. The first kappa shape index (κ1) is 18.1. The molecular weight excluding hydrogens is 352 g/mol. The van der Waals surface area contributed by atoms with Crippen LogP contribution in [0.2, 0.25) is 5.15 Å². The number of nitrogens with zero attached hydrogens (tertiary/aromatic N) is 1. The predicted molar refractivity (Wildman–Crippen MR) is 91.4 cm³/mol. The average Bonchev–Trinajstić information content (AvgIpc) is 2.59. The molecule has 126 valence electrons. The summed E-state index contributed by atoms with van der Waals surface area (Å²) < 4.78 is 30.7. The molecule has 8 heteroatoms. The lowest BCUT2D eigenvalue weighted by Crippen LogP contribution is -2.29. The number of aromatic nitrogens is 1. The molecule has 6 nitrogen and oxygen atoms in total. The molecule has 1 N–H and O–H groups in total. The van der Waals surface area contributed by atoms with E-state index in [1.165, 1.54) is 12.3 Å². The van der Waals surface area contributed by atoms with Gasteiger partial charge in [0.15, 0.2) is 0 Å². The molecule has 0 amide bonds. The summed E-state index contributed by atoms with van der Waals surface area (Å²) in [4.78, 5) is 15.4. The molecule has 0 saturated carbocycles. The van der Waals surface area contributed by atoms with Crippen molar-refractivity contribution in [2.45, 2.75) is 6.61 Å². The van der Waals surface area contributed by atoms with Crippen LogP contribution in [0.1, 0.15) is 11.1 Å². The Hall–Kier alpha value is -2.22. The van der Waals surface area contributed by atoms with Gasteiger partial charge in [0.1, 0.15) is 18.3 Å². The van der Waals surface area contributed by atoms with Crippen LogP contribution >= 0.6 is 11.6 Å². The van der Waals surface area contributed by atoms with Crippen LogP contribution in [-0.4, -0.2) is 25.9 Å². The van der Waals surface area contributed by atoms with Crippen LogP contribution in [0.4, 0.5) is 0 Å². The number of pyridine rings is 1. The third-order valence-corrected chi connectivity index (χ3v) is 4.11. The first-order valence-electron chi connectivity index (χ1n) is 6.93. The van der Waals surface area contributed by atoms with Crippen LogP contribution in [0.5, 0.6) is 0 Å². The van der Waals surface area contributed by atoms with Crippen molar-refractivity contribution < 1.29 is 17.9 Å². The fourth-order valence-corrected chi connectivity index (χ4v) is 2.51. The molecule has 0 aliphatic carbocycles. The van der Waals surface area contributed by atoms with Gasteiger partial charge < -0.3 is 4.74 Å². The van der Waals surface area contributed by atoms with Crippen molar-refractivity contribution in [3.8, 4) is 0 Å². The number of ether oxygens (including phenoxy) is 1. The molecule has 1 aromatic heterocycles. The predicted octanol–water partition coefficient (Wildman–Crippen LogP) is 2.37. The molecule has 0 aliphatic rings. The van der Waals surface area contributed by atoms with Gasteiger partial charge in [0.2, 0.25) is 10.0 Å². The van der Waals surface area contributed by atoms with E-state index < -0.39 is 22.5 Å². The molecule has 0 aliphatic heterocycles. The average molecular weight is 367 g/mol. The van der Waals surface area contributed by atoms with E-state index in [1.807, 2.05) is 6.07 Å². The Morgan fingerprint density at radius 2 is 1.96 bits per heavy atom. The van der Waals surface area contributed by atoms with E-state index in [0.29, 0.717) is 10.7 Å². The molecular formula is C16H15ClN2O4S. The van der Waals surface area contributed by atoms with Crippen molar-refractivity contribution in [3.63, 3.8) is 0 Å². The molecule has 1 heterocycles. The molecule has 1 aromatic carbocycles. The van der Waals surface area contributed by atoms with Crippen LogP contribution in [0.25, 0.3) is 6.08 Å². The van der Waals surface area contributed by atoms with Crippen LogP contribution in [-0.2, 0) is 26.2 Å². The summed E-state index contributed by atoms with van der Waals surface area (Å²) in [5, 5.41) is 1.33. The smallest absolute Gasteiger partial charge is 0.321 e. The Labute approximate surface area is 145 Å². The highest BCUT2D eigenvalue weighted by Gasteiger charge is 2.10. The monoisotopic (exact) mass is 366 g/mol. The fraction of sp³-hybridized carbons (Fsp3) is 0.125. The minimum atomic E-state index is -3.72. The maximum absolute atomic E-state index is 11.8. The summed E-state index contributed by atoms with van der Waals surface area (Å²) >= 11 is 5.65. The van der Waals surface area contributed by atoms with Gasteiger partial charge in [-0.2, -0.15) is 0 Å². The van der Waals surface area contributed by atoms with Crippen molar-refractivity contribution in [3.05, 3.63) is 70.3 Å². The van der Waals surface area contributed by atoms with E-state index in [4.69, 9.17) is 16.3 Å².